The summed E-state index contributed by atoms with van der Waals surface area (Å²) in [5.74, 6) is -4.02. The zero-order valence-electron chi connectivity index (χ0n) is 20.0. The molecular formula is C28H21ClF3N3O3. The van der Waals surface area contributed by atoms with Crippen molar-refractivity contribution >= 4 is 40.7 Å². The molecular weight excluding hydrogens is 519 g/mol. The van der Waals surface area contributed by atoms with Crippen LogP contribution in [0.5, 0.6) is 0 Å². The Morgan fingerprint density at radius 1 is 0.974 bits per heavy atom. The van der Waals surface area contributed by atoms with Crippen molar-refractivity contribution in [1.29, 1.82) is 0 Å². The number of amides is 3. The molecule has 0 aliphatic carbocycles. The van der Waals surface area contributed by atoms with Crippen LogP contribution in [0, 0.1) is 18.8 Å². The molecule has 6 nitrogen and oxygen atoms in total. The lowest BCUT2D eigenvalue weighted by molar-refractivity contribution is -0.137. The molecule has 0 unspecified atom stereocenters. The van der Waals surface area contributed by atoms with Gasteiger partial charge in [-0.3, -0.25) is 19.7 Å². The number of anilines is 2. The van der Waals surface area contributed by atoms with Gasteiger partial charge in [0, 0.05) is 16.6 Å². The number of nitrogens with zero attached hydrogens (tertiary/aromatic N) is 1. The second kappa shape index (κ2) is 8.41. The molecule has 2 N–H and O–H groups in total. The van der Waals surface area contributed by atoms with E-state index in [4.69, 9.17) is 11.6 Å². The minimum absolute atomic E-state index is 0.177. The number of carbonyl (C=O) groups excluding carboxylic acids is 3. The van der Waals surface area contributed by atoms with Crippen molar-refractivity contribution < 1.29 is 27.6 Å². The standard InChI is InChI=1S/C28H21ClF3N3O3/c1-14-19(29)11-10-18-23(14)33-26(38)27(18)22-21(20(34-27)12-15-6-3-2-4-7-15)24(36)35(25(22)37)17-9-5-8-16(13-17)28(30,31)32/h2-11,13,20-22,34H,12H2,1H3,(H,33,38)/t20-,21+,22-,27-/m0/s1. The number of hydrogen-bond donors (Lipinski definition) is 2. The van der Waals surface area contributed by atoms with Crippen LogP contribution >= 0.6 is 11.6 Å². The zero-order chi connectivity index (χ0) is 27.0. The number of fused-ring (bicyclic) bond motifs is 4. The highest BCUT2D eigenvalue weighted by Crippen LogP contribution is 2.55. The van der Waals surface area contributed by atoms with Gasteiger partial charge < -0.3 is 5.32 Å². The highest BCUT2D eigenvalue weighted by Gasteiger charge is 2.70. The van der Waals surface area contributed by atoms with Gasteiger partial charge in [-0.1, -0.05) is 54.1 Å². The molecule has 3 aliphatic heterocycles. The minimum atomic E-state index is -4.66. The fourth-order valence-corrected chi connectivity index (χ4v) is 6.27. The first-order valence-electron chi connectivity index (χ1n) is 12.0. The van der Waals surface area contributed by atoms with E-state index in [1.807, 2.05) is 30.3 Å². The monoisotopic (exact) mass is 539 g/mol. The van der Waals surface area contributed by atoms with E-state index >= 15 is 0 Å². The van der Waals surface area contributed by atoms with Gasteiger partial charge in [-0.15, -0.1) is 0 Å². The predicted octanol–water partition coefficient (Wildman–Crippen LogP) is 4.83. The summed E-state index contributed by atoms with van der Waals surface area (Å²) < 4.78 is 40.3. The van der Waals surface area contributed by atoms with Crippen LogP contribution in [0.2, 0.25) is 5.02 Å². The maximum Gasteiger partial charge on any atom is 0.416 e. The number of benzene rings is 3. The predicted molar refractivity (Wildman–Crippen MR) is 134 cm³/mol. The summed E-state index contributed by atoms with van der Waals surface area (Å²) >= 11 is 6.30. The first-order chi connectivity index (χ1) is 18.0. The van der Waals surface area contributed by atoms with Gasteiger partial charge in [-0.05, 0) is 48.7 Å². The molecule has 38 heavy (non-hydrogen) atoms. The lowest BCUT2D eigenvalue weighted by Crippen LogP contribution is -2.53. The van der Waals surface area contributed by atoms with Gasteiger partial charge in [0.05, 0.1) is 28.8 Å². The van der Waals surface area contributed by atoms with E-state index in [0.717, 1.165) is 28.7 Å². The van der Waals surface area contributed by atoms with Crippen LogP contribution in [0.3, 0.4) is 0 Å². The molecule has 3 amide bonds. The van der Waals surface area contributed by atoms with Crippen molar-refractivity contribution in [1.82, 2.24) is 5.32 Å². The van der Waals surface area contributed by atoms with Crippen LogP contribution in [0.15, 0.2) is 66.7 Å². The summed E-state index contributed by atoms with van der Waals surface area (Å²) in [7, 11) is 0. The molecule has 0 aromatic heterocycles. The number of alkyl halides is 3. The van der Waals surface area contributed by atoms with Gasteiger partial charge in [0.25, 0.3) is 0 Å². The summed E-state index contributed by atoms with van der Waals surface area (Å²) in [4.78, 5) is 42.4. The summed E-state index contributed by atoms with van der Waals surface area (Å²) in [6.45, 7) is 1.74. The van der Waals surface area contributed by atoms with Crippen LogP contribution in [0.25, 0.3) is 0 Å². The second-order valence-corrected chi connectivity index (χ2v) is 10.3. The summed E-state index contributed by atoms with van der Waals surface area (Å²) in [5.41, 5.74) is -0.291. The maximum atomic E-state index is 14.0. The smallest absolute Gasteiger partial charge is 0.324 e. The fraction of sp³-hybridized carbons (Fsp3) is 0.250. The molecule has 3 aromatic carbocycles. The molecule has 0 radical (unpaired) electrons. The van der Waals surface area contributed by atoms with Crippen molar-refractivity contribution in [2.75, 3.05) is 10.2 Å². The Labute approximate surface area is 220 Å². The molecule has 6 rings (SSSR count). The quantitative estimate of drug-likeness (QED) is 0.467. The zero-order valence-corrected chi connectivity index (χ0v) is 20.7. The first-order valence-corrected chi connectivity index (χ1v) is 12.4. The van der Waals surface area contributed by atoms with Crippen molar-refractivity contribution in [2.45, 2.75) is 31.1 Å². The molecule has 2 fully saturated rings. The van der Waals surface area contributed by atoms with Crippen molar-refractivity contribution in [3.05, 3.63) is 94.0 Å². The Bertz CT molecular complexity index is 1510. The summed E-state index contributed by atoms with van der Waals surface area (Å²) in [5, 5.41) is 6.60. The molecule has 194 valence electrons. The maximum absolute atomic E-state index is 14.0. The number of rotatable bonds is 3. The first kappa shape index (κ1) is 24.6. The number of carbonyl (C=O) groups is 3. The molecule has 4 atom stereocenters. The Kier molecular flexibility index (Phi) is 5.45. The van der Waals surface area contributed by atoms with E-state index in [2.05, 4.69) is 10.6 Å². The summed E-state index contributed by atoms with van der Waals surface area (Å²) in [6.07, 6.45) is -4.33. The second-order valence-electron chi connectivity index (χ2n) is 9.86. The average Bonchev–Trinajstić information content (AvgIpc) is 3.46. The van der Waals surface area contributed by atoms with Gasteiger partial charge in [0.1, 0.15) is 5.54 Å². The van der Waals surface area contributed by atoms with E-state index < -0.39 is 52.9 Å². The number of nitrogens with one attached hydrogen (secondary N) is 2. The number of imide groups is 1. The summed E-state index contributed by atoms with van der Waals surface area (Å²) in [6, 6.07) is 16.1. The topological polar surface area (TPSA) is 78.5 Å². The van der Waals surface area contributed by atoms with Gasteiger partial charge in [0.15, 0.2) is 0 Å². The van der Waals surface area contributed by atoms with Crippen LogP contribution in [0.1, 0.15) is 22.3 Å². The molecule has 3 heterocycles. The molecule has 0 bridgehead atoms. The molecule has 1 spiro atoms. The Balaban J connectivity index is 1.51. The van der Waals surface area contributed by atoms with Crippen LogP contribution in [-0.4, -0.2) is 23.8 Å². The average molecular weight is 540 g/mol. The highest BCUT2D eigenvalue weighted by atomic mass is 35.5. The van der Waals surface area contributed by atoms with E-state index in [-0.39, 0.29) is 5.69 Å². The van der Waals surface area contributed by atoms with Gasteiger partial charge in [0.2, 0.25) is 17.7 Å². The van der Waals surface area contributed by atoms with Gasteiger partial charge in [-0.25, -0.2) is 4.90 Å². The fourth-order valence-electron chi connectivity index (χ4n) is 6.11. The lowest BCUT2D eigenvalue weighted by Gasteiger charge is -2.30. The van der Waals surface area contributed by atoms with Gasteiger partial charge >= 0.3 is 6.18 Å². The van der Waals surface area contributed by atoms with Gasteiger partial charge in [-0.2, -0.15) is 13.2 Å². The Hall–Kier alpha value is -3.69. The Morgan fingerprint density at radius 3 is 2.42 bits per heavy atom. The number of hydrogen-bond acceptors (Lipinski definition) is 4. The van der Waals surface area contributed by atoms with Crippen molar-refractivity contribution in [3.63, 3.8) is 0 Å². The molecule has 2 saturated heterocycles. The number of halogens is 4. The minimum Gasteiger partial charge on any atom is -0.324 e. The molecule has 10 heteroatoms. The third kappa shape index (κ3) is 3.41. The van der Waals surface area contributed by atoms with E-state index in [0.29, 0.717) is 28.3 Å². The molecule has 3 aromatic rings. The normalized spacial score (nSPS) is 26.2. The van der Waals surface area contributed by atoms with Crippen molar-refractivity contribution in [2.24, 2.45) is 11.8 Å². The SMILES string of the molecule is Cc1c(Cl)ccc2c1NC(=O)[C@]21N[C@@H](Cc2ccccc2)[C@H]2C(=O)N(c3cccc(C(F)(F)F)c3)C(=O)[C@H]21. The van der Waals surface area contributed by atoms with E-state index in [1.54, 1.807) is 19.1 Å². The lowest BCUT2D eigenvalue weighted by atomic mass is 9.76. The van der Waals surface area contributed by atoms with E-state index in [9.17, 15) is 27.6 Å². The largest absolute Gasteiger partial charge is 0.416 e. The van der Waals surface area contributed by atoms with Crippen molar-refractivity contribution in [3.8, 4) is 0 Å². The van der Waals surface area contributed by atoms with Crippen LogP contribution < -0.4 is 15.5 Å². The van der Waals surface area contributed by atoms with E-state index in [1.165, 1.54) is 6.07 Å². The molecule has 3 aliphatic rings. The molecule has 0 saturated carbocycles. The third-order valence-electron chi connectivity index (χ3n) is 7.81. The highest BCUT2D eigenvalue weighted by molar-refractivity contribution is 6.32. The Morgan fingerprint density at radius 2 is 1.71 bits per heavy atom. The van der Waals surface area contributed by atoms with Crippen LogP contribution in [-0.2, 0) is 32.5 Å². The van der Waals surface area contributed by atoms with Crippen LogP contribution in [0.4, 0.5) is 24.5 Å². The third-order valence-corrected chi connectivity index (χ3v) is 8.22.